The first-order chi connectivity index (χ1) is 14.1. The number of aromatic nitrogens is 1. The Morgan fingerprint density at radius 3 is 2.52 bits per heavy atom. The van der Waals surface area contributed by atoms with Crippen LogP contribution < -0.4 is 19.5 Å². The fourth-order valence-corrected chi connectivity index (χ4v) is 3.17. The predicted molar refractivity (Wildman–Crippen MR) is 115 cm³/mol. The zero-order valence-electron chi connectivity index (χ0n) is 16.5. The molecule has 1 heterocycles. The summed E-state index contributed by atoms with van der Waals surface area (Å²) in [7, 11) is 3.12. The lowest BCUT2D eigenvalue weighted by atomic mass is 10.2. The molecule has 0 spiro atoms. The number of rotatable bonds is 8. The van der Waals surface area contributed by atoms with E-state index in [-0.39, 0.29) is 5.91 Å². The highest BCUT2D eigenvalue weighted by Gasteiger charge is 2.05. The number of anilines is 1. The second-order valence-electron chi connectivity index (χ2n) is 6.14. The van der Waals surface area contributed by atoms with Crippen molar-refractivity contribution in [3.8, 4) is 17.2 Å². The molecule has 0 saturated carbocycles. The van der Waals surface area contributed by atoms with Crippen LogP contribution in [-0.2, 0) is 11.4 Å². The van der Waals surface area contributed by atoms with Crippen molar-refractivity contribution >= 4 is 29.0 Å². The minimum atomic E-state index is -0.260. The summed E-state index contributed by atoms with van der Waals surface area (Å²) >= 11 is 1.60. The molecule has 0 saturated heterocycles. The van der Waals surface area contributed by atoms with E-state index in [1.54, 1.807) is 49.8 Å². The summed E-state index contributed by atoms with van der Waals surface area (Å²) in [6.45, 7) is 2.38. The first kappa shape index (κ1) is 20.4. The third-order valence-corrected chi connectivity index (χ3v) is 4.78. The van der Waals surface area contributed by atoms with Crippen LogP contribution in [0, 0.1) is 6.92 Å². The van der Waals surface area contributed by atoms with E-state index < -0.39 is 0 Å². The predicted octanol–water partition coefficient (Wildman–Crippen LogP) is 4.70. The number of methoxy groups -OCH3 is 2. The molecule has 29 heavy (non-hydrogen) atoms. The number of benzene rings is 2. The van der Waals surface area contributed by atoms with E-state index in [2.05, 4.69) is 10.3 Å². The van der Waals surface area contributed by atoms with E-state index in [1.807, 2.05) is 36.6 Å². The second-order valence-corrected chi connectivity index (χ2v) is 7.21. The maximum atomic E-state index is 12.3. The number of carbonyl (C=O) groups excluding carboxylic acids is 1. The number of nitrogens with zero attached hydrogens (tertiary/aromatic N) is 1. The number of nitrogens with one attached hydrogen (secondary N) is 1. The summed E-state index contributed by atoms with van der Waals surface area (Å²) in [5.41, 5.74) is 2.35. The first-order valence-corrected chi connectivity index (χ1v) is 9.79. The lowest BCUT2D eigenvalue weighted by Crippen LogP contribution is -2.08. The SMILES string of the molecule is COc1cc(NC(=O)/C=C/c2cccc(OCc3csc(C)n3)c2)cc(OC)c1. The fraction of sp³-hybridized carbons (Fsp3) is 0.182. The van der Waals surface area contributed by atoms with Crippen LogP contribution in [0.3, 0.4) is 0 Å². The van der Waals surface area contributed by atoms with E-state index in [0.29, 0.717) is 23.8 Å². The Labute approximate surface area is 173 Å². The van der Waals surface area contributed by atoms with Crippen molar-refractivity contribution in [1.82, 2.24) is 4.98 Å². The Hall–Kier alpha value is -3.32. The van der Waals surface area contributed by atoms with Crippen molar-refractivity contribution in [3.05, 3.63) is 70.2 Å². The third kappa shape index (κ3) is 6.08. The van der Waals surface area contributed by atoms with Crippen LogP contribution >= 0.6 is 11.3 Å². The van der Waals surface area contributed by atoms with Gasteiger partial charge in [0.2, 0.25) is 5.91 Å². The Morgan fingerprint density at radius 1 is 1.10 bits per heavy atom. The number of aryl methyl sites for hydroxylation is 1. The Morgan fingerprint density at radius 2 is 1.86 bits per heavy atom. The zero-order chi connectivity index (χ0) is 20.6. The van der Waals surface area contributed by atoms with Gasteiger partial charge in [-0.05, 0) is 30.7 Å². The maximum absolute atomic E-state index is 12.3. The molecule has 0 unspecified atom stereocenters. The molecule has 0 radical (unpaired) electrons. The van der Waals surface area contributed by atoms with Crippen molar-refractivity contribution in [2.24, 2.45) is 0 Å². The Kier molecular flexibility index (Phi) is 6.86. The molecule has 0 fully saturated rings. The van der Waals surface area contributed by atoms with Gasteiger partial charge in [-0.3, -0.25) is 4.79 Å². The third-order valence-electron chi connectivity index (χ3n) is 3.96. The van der Waals surface area contributed by atoms with Gasteiger partial charge in [-0.25, -0.2) is 4.98 Å². The number of carbonyl (C=O) groups is 1. The van der Waals surface area contributed by atoms with E-state index in [9.17, 15) is 4.79 Å². The van der Waals surface area contributed by atoms with E-state index >= 15 is 0 Å². The number of thiazole rings is 1. The van der Waals surface area contributed by atoms with Gasteiger partial charge in [-0.1, -0.05) is 12.1 Å². The summed E-state index contributed by atoms with van der Waals surface area (Å²) < 4.78 is 16.2. The van der Waals surface area contributed by atoms with Crippen molar-refractivity contribution < 1.29 is 19.0 Å². The molecule has 1 N–H and O–H groups in total. The summed E-state index contributed by atoms with van der Waals surface area (Å²) in [6, 6.07) is 12.7. The average molecular weight is 410 g/mol. The maximum Gasteiger partial charge on any atom is 0.248 e. The van der Waals surface area contributed by atoms with Gasteiger partial charge >= 0.3 is 0 Å². The zero-order valence-corrected chi connectivity index (χ0v) is 17.3. The lowest BCUT2D eigenvalue weighted by Gasteiger charge is -2.08. The largest absolute Gasteiger partial charge is 0.497 e. The Bertz CT molecular complexity index is 991. The van der Waals surface area contributed by atoms with E-state index in [4.69, 9.17) is 14.2 Å². The molecule has 0 aliphatic carbocycles. The highest BCUT2D eigenvalue weighted by Crippen LogP contribution is 2.25. The summed E-state index contributed by atoms with van der Waals surface area (Å²) in [5.74, 6) is 1.66. The van der Waals surface area contributed by atoms with Gasteiger partial charge in [0.25, 0.3) is 0 Å². The van der Waals surface area contributed by atoms with Gasteiger partial charge in [0, 0.05) is 35.3 Å². The van der Waals surface area contributed by atoms with E-state index in [0.717, 1.165) is 22.0 Å². The normalized spacial score (nSPS) is 10.7. The molecular formula is C22H22N2O4S. The monoisotopic (exact) mass is 410 g/mol. The van der Waals surface area contributed by atoms with Gasteiger partial charge < -0.3 is 19.5 Å². The quantitative estimate of drug-likeness (QED) is 0.545. The van der Waals surface area contributed by atoms with Crippen LogP contribution in [0.1, 0.15) is 16.3 Å². The molecule has 0 bridgehead atoms. The number of amides is 1. The highest BCUT2D eigenvalue weighted by atomic mass is 32.1. The number of ether oxygens (including phenoxy) is 3. The minimum Gasteiger partial charge on any atom is -0.497 e. The smallest absolute Gasteiger partial charge is 0.248 e. The summed E-state index contributed by atoms with van der Waals surface area (Å²) in [5, 5.41) is 5.80. The molecule has 2 aromatic carbocycles. The number of hydrogen-bond donors (Lipinski definition) is 1. The van der Waals surface area contributed by atoms with Crippen molar-refractivity contribution in [3.63, 3.8) is 0 Å². The van der Waals surface area contributed by atoms with Crippen molar-refractivity contribution in [1.29, 1.82) is 0 Å². The van der Waals surface area contributed by atoms with Crippen LogP contribution in [0.15, 0.2) is 53.9 Å². The average Bonchev–Trinajstić information content (AvgIpc) is 3.16. The molecule has 0 aliphatic heterocycles. The van der Waals surface area contributed by atoms with Gasteiger partial charge in [-0.2, -0.15) is 0 Å². The van der Waals surface area contributed by atoms with Crippen molar-refractivity contribution in [2.75, 3.05) is 19.5 Å². The van der Waals surface area contributed by atoms with Crippen LogP contribution in [-0.4, -0.2) is 25.1 Å². The second kappa shape index (κ2) is 9.75. The first-order valence-electron chi connectivity index (χ1n) is 8.92. The van der Waals surface area contributed by atoms with E-state index in [1.165, 1.54) is 6.08 Å². The lowest BCUT2D eigenvalue weighted by molar-refractivity contribution is -0.111. The van der Waals surface area contributed by atoms with Gasteiger partial charge in [0.05, 0.1) is 24.9 Å². The molecule has 3 aromatic rings. The minimum absolute atomic E-state index is 0.260. The number of hydrogen-bond acceptors (Lipinski definition) is 6. The molecule has 6 nitrogen and oxygen atoms in total. The molecule has 3 rings (SSSR count). The molecular weight excluding hydrogens is 388 g/mol. The Balaban J connectivity index is 1.61. The van der Waals surface area contributed by atoms with Crippen LogP contribution in [0.4, 0.5) is 5.69 Å². The molecule has 0 aliphatic rings. The molecule has 1 aromatic heterocycles. The molecule has 0 atom stereocenters. The highest BCUT2D eigenvalue weighted by molar-refractivity contribution is 7.09. The topological polar surface area (TPSA) is 69.7 Å². The van der Waals surface area contributed by atoms with Gasteiger partial charge in [0.1, 0.15) is 23.9 Å². The van der Waals surface area contributed by atoms with Crippen LogP contribution in [0.25, 0.3) is 6.08 Å². The van der Waals surface area contributed by atoms with Gasteiger partial charge in [0.15, 0.2) is 0 Å². The van der Waals surface area contributed by atoms with Crippen molar-refractivity contribution in [2.45, 2.75) is 13.5 Å². The fourth-order valence-electron chi connectivity index (χ4n) is 2.58. The van der Waals surface area contributed by atoms with Crippen LogP contribution in [0.2, 0.25) is 0 Å². The summed E-state index contributed by atoms with van der Waals surface area (Å²) in [6.07, 6.45) is 3.20. The molecule has 7 heteroatoms. The van der Waals surface area contributed by atoms with Crippen LogP contribution in [0.5, 0.6) is 17.2 Å². The van der Waals surface area contributed by atoms with Gasteiger partial charge in [-0.15, -0.1) is 11.3 Å². The standard InChI is InChI=1S/C22H22N2O4S/c1-15-23-18(14-29-15)13-28-19-6-4-5-16(9-19)7-8-22(25)24-17-10-20(26-2)12-21(11-17)27-3/h4-12,14H,13H2,1-3H3,(H,24,25)/b8-7+. The molecule has 150 valence electrons. The summed E-state index contributed by atoms with van der Waals surface area (Å²) in [4.78, 5) is 16.6. The molecule has 1 amide bonds.